The lowest BCUT2D eigenvalue weighted by atomic mass is 10.3. The van der Waals surface area contributed by atoms with Crippen molar-refractivity contribution >= 4 is 15.8 Å². The molecular formula is C8H16N4O3S. The van der Waals surface area contributed by atoms with Crippen molar-refractivity contribution in [3.63, 3.8) is 0 Å². The lowest BCUT2D eigenvalue weighted by Crippen LogP contribution is -2.25. The van der Waals surface area contributed by atoms with E-state index in [-0.39, 0.29) is 23.9 Å². The summed E-state index contributed by atoms with van der Waals surface area (Å²) in [6, 6.07) is 0. The minimum atomic E-state index is -3.59. The third-order valence-corrected chi connectivity index (χ3v) is 3.47. The van der Waals surface area contributed by atoms with E-state index < -0.39 is 10.0 Å². The van der Waals surface area contributed by atoms with Crippen LogP contribution in [-0.4, -0.2) is 36.5 Å². The highest BCUT2D eigenvalue weighted by molar-refractivity contribution is 7.89. The predicted molar refractivity (Wildman–Crippen MR) is 59.1 cm³/mol. The number of nitrogens with two attached hydrogens (primary N) is 1. The summed E-state index contributed by atoms with van der Waals surface area (Å²) in [6.07, 6.45) is 2.49. The number of aromatic nitrogens is 2. The standard InChI is InChI=1S/C8H16N4O3S/c1-12-6-7(8(9)11-12)16(14,15)10-4-2-3-5-13/h6,10,13H,2-5H2,1H3,(H2,9,11). The Morgan fingerprint density at radius 2 is 2.25 bits per heavy atom. The van der Waals surface area contributed by atoms with Gasteiger partial charge in [-0.15, -0.1) is 0 Å². The zero-order valence-corrected chi connectivity index (χ0v) is 9.87. The van der Waals surface area contributed by atoms with Gasteiger partial charge in [-0.3, -0.25) is 4.68 Å². The zero-order chi connectivity index (χ0) is 12.2. The fourth-order valence-electron chi connectivity index (χ4n) is 1.21. The average molecular weight is 248 g/mol. The number of hydrogen-bond donors (Lipinski definition) is 3. The molecule has 0 radical (unpaired) electrons. The summed E-state index contributed by atoms with van der Waals surface area (Å²) in [5.41, 5.74) is 5.47. The van der Waals surface area contributed by atoms with Crippen molar-refractivity contribution < 1.29 is 13.5 Å². The van der Waals surface area contributed by atoms with Gasteiger partial charge >= 0.3 is 0 Å². The molecule has 0 aromatic carbocycles. The number of nitrogens with one attached hydrogen (secondary N) is 1. The highest BCUT2D eigenvalue weighted by Crippen LogP contribution is 2.14. The van der Waals surface area contributed by atoms with E-state index in [0.29, 0.717) is 12.8 Å². The normalized spacial score (nSPS) is 11.9. The summed E-state index contributed by atoms with van der Waals surface area (Å²) < 4.78 is 27.2. The van der Waals surface area contributed by atoms with Crippen molar-refractivity contribution in [2.75, 3.05) is 18.9 Å². The number of hydrogen-bond acceptors (Lipinski definition) is 5. The number of unbranched alkanes of at least 4 members (excludes halogenated alkanes) is 1. The van der Waals surface area contributed by atoms with Crippen molar-refractivity contribution in [2.45, 2.75) is 17.7 Å². The number of sulfonamides is 1. The van der Waals surface area contributed by atoms with E-state index in [9.17, 15) is 8.42 Å². The van der Waals surface area contributed by atoms with Crippen molar-refractivity contribution in [2.24, 2.45) is 7.05 Å². The van der Waals surface area contributed by atoms with Gasteiger partial charge in [0, 0.05) is 26.4 Å². The molecule has 0 amide bonds. The quantitative estimate of drug-likeness (QED) is 0.562. The van der Waals surface area contributed by atoms with Crippen molar-refractivity contribution in [1.29, 1.82) is 0 Å². The van der Waals surface area contributed by atoms with Crippen LogP contribution in [0.2, 0.25) is 0 Å². The lowest BCUT2D eigenvalue weighted by Gasteiger charge is -2.04. The van der Waals surface area contributed by atoms with Gasteiger partial charge in [0.1, 0.15) is 4.90 Å². The molecule has 0 unspecified atom stereocenters. The molecule has 0 aliphatic carbocycles. The van der Waals surface area contributed by atoms with E-state index in [1.54, 1.807) is 7.05 Å². The Labute approximate surface area is 94.3 Å². The molecule has 0 aliphatic heterocycles. The summed E-state index contributed by atoms with van der Waals surface area (Å²) in [5, 5.41) is 12.3. The number of rotatable bonds is 6. The Morgan fingerprint density at radius 3 is 2.75 bits per heavy atom. The molecule has 4 N–H and O–H groups in total. The van der Waals surface area contributed by atoms with Crippen molar-refractivity contribution in [3.8, 4) is 0 Å². The molecule has 8 heteroatoms. The van der Waals surface area contributed by atoms with Gasteiger partial charge in [-0.1, -0.05) is 0 Å². The summed E-state index contributed by atoms with van der Waals surface area (Å²) in [6.45, 7) is 0.327. The molecule has 92 valence electrons. The van der Waals surface area contributed by atoms with E-state index in [0.717, 1.165) is 0 Å². The molecule has 0 bridgehead atoms. The zero-order valence-electron chi connectivity index (χ0n) is 9.05. The van der Waals surface area contributed by atoms with E-state index >= 15 is 0 Å². The third kappa shape index (κ3) is 3.19. The molecule has 0 spiro atoms. The van der Waals surface area contributed by atoms with Crippen molar-refractivity contribution in [1.82, 2.24) is 14.5 Å². The topological polar surface area (TPSA) is 110 Å². The van der Waals surface area contributed by atoms with Crippen LogP contribution in [-0.2, 0) is 17.1 Å². The number of anilines is 1. The minimum absolute atomic E-state index is 0.0148. The Bertz CT molecular complexity index is 440. The SMILES string of the molecule is Cn1cc(S(=O)(=O)NCCCCO)c(N)n1. The van der Waals surface area contributed by atoms with Gasteiger partial charge in [0.15, 0.2) is 5.82 Å². The average Bonchev–Trinajstić information content (AvgIpc) is 2.53. The maximum Gasteiger partial charge on any atom is 0.245 e. The first-order valence-electron chi connectivity index (χ1n) is 4.87. The largest absolute Gasteiger partial charge is 0.396 e. The van der Waals surface area contributed by atoms with Crippen LogP contribution in [0.4, 0.5) is 5.82 Å². The first-order chi connectivity index (χ1) is 7.47. The molecular weight excluding hydrogens is 232 g/mol. The molecule has 0 fully saturated rings. The first-order valence-corrected chi connectivity index (χ1v) is 6.35. The fourth-order valence-corrected chi connectivity index (χ4v) is 2.39. The summed E-state index contributed by atoms with van der Waals surface area (Å²) in [5.74, 6) is -0.0165. The summed E-state index contributed by atoms with van der Waals surface area (Å²) in [4.78, 5) is -0.0148. The van der Waals surface area contributed by atoms with Gasteiger partial charge < -0.3 is 10.8 Å². The van der Waals surface area contributed by atoms with E-state index in [2.05, 4.69) is 9.82 Å². The maximum absolute atomic E-state index is 11.7. The second-order valence-electron chi connectivity index (χ2n) is 3.38. The van der Waals surface area contributed by atoms with Gasteiger partial charge in [-0.05, 0) is 12.8 Å². The van der Waals surface area contributed by atoms with Crippen LogP contribution >= 0.6 is 0 Å². The third-order valence-electron chi connectivity index (χ3n) is 1.99. The highest BCUT2D eigenvalue weighted by atomic mass is 32.2. The number of aliphatic hydroxyl groups is 1. The molecule has 1 rings (SSSR count). The number of aliphatic hydroxyl groups excluding tert-OH is 1. The molecule has 1 aromatic heterocycles. The Morgan fingerprint density at radius 1 is 1.56 bits per heavy atom. The molecule has 7 nitrogen and oxygen atoms in total. The number of nitrogens with zero attached hydrogens (tertiary/aromatic N) is 2. The van der Waals surface area contributed by atoms with E-state index in [1.165, 1.54) is 10.9 Å². The Hall–Kier alpha value is -1.12. The molecule has 0 saturated carbocycles. The second kappa shape index (κ2) is 5.28. The first kappa shape index (κ1) is 12.9. The van der Waals surface area contributed by atoms with Crippen LogP contribution in [0.5, 0.6) is 0 Å². The lowest BCUT2D eigenvalue weighted by molar-refractivity contribution is 0.285. The van der Waals surface area contributed by atoms with Gasteiger partial charge in [-0.2, -0.15) is 5.10 Å². The Balaban J connectivity index is 2.67. The van der Waals surface area contributed by atoms with Crippen LogP contribution in [0.15, 0.2) is 11.1 Å². The van der Waals surface area contributed by atoms with Crippen LogP contribution in [0, 0.1) is 0 Å². The summed E-state index contributed by atoms with van der Waals surface area (Å²) >= 11 is 0. The van der Waals surface area contributed by atoms with Crippen LogP contribution in [0.3, 0.4) is 0 Å². The molecule has 0 aliphatic rings. The minimum Gasteiger partial charge on any atom is -0.396 e. The summed E-state index contributed by atoms with van der Waals surface area (Å²) in [7, 11) is -1.99. The van der Waals surface area contributed by atoms with Crippen LogP contribution in [0.25, 0.3) is 0 Å². The van der Waals surface area contributed by atoms with Gasteiger partial charge in [0.25, 0.3) is 0 Å². The molecule has 1 aromatic rings. The molecule has 0 saturated heterocycles. The smallest absolute Gasteiger partial charge is 0.245 e. The van der Waals surface area contributed by atoms with Gasteiger partial charge in [0.05, 0.1) is 0 Å². The van der Waals surface area contributed by atoms with Gasteiger partial charge in [0.2, 0.25) is 10.0 Å². The van der Waals surface area contributed by atoms with Crippen LogP contribution in [0.1, 0.15) is 12.8 Å². The maximum atomic E-state index is 11.7. The predicted octanol–water partition coefficient (Wildman–Crippen LogP) is -0.947. The van der Waals surface area contributed by atoms with Crippen molar-refractivity contribution in [3.05, 3.63) is 6.20 Å². The molecule has 16 heavy (non-hydrogen) atoms. The van der Waals surface area contributed by atoms with E-state index in [1.807, 2.05) is 0 Å². The van der Waals surface area contributed by atoms with E-state index in [4.69, 9.17) is 10.8 Å². The second-order valence-corrected chi connectivity index (χ2v) is 5.12. The number of nitrogen functional groups attached to an aromatic ring is 1. The highest BCUT2D eigenvalue weighted by Gasteiger charge is 2.19. The van der Waals surface area contributed by atoms with Gasteiger partial charge in [-0.25, -0.2) is 13.1 Å². The van der Waals surface area contributed by atoms with Crippen LogP contribution < -0.4 is 10.5 Å². The molecule has 1 heterocycles. The molecule has 0 atom stereocenters. The number of aryl methyl sites for hydroxylation is 1. The fraction of sp³-hybridized carbons (Fsp3) is 0.625. The monoisotopic (exact) mass is 248 g/mol. The Kier molecular flexibility index (Phi) is 4.27.